The summed E-state index contributed by atoms with van der Waals surface area (Å²) >= 11 is 0. The third kappa shape index (κ3) is 4.43. The van der Waals surface area contributed by atoms with Crippen molar-refractivity contribution in [2.24, 2.45) is 0 Å². The van der Waals surface area contributed by atoms with Gasteiger partial charge in [0.2, 0.25) is 0 Å². The van der Waals surface area contributed by atoms with Crippen molar-refractivity contribution in [3.8, 4) is 5.75 Å². The summed E-state index contributed by atoms with van der Waals surface area (Å²) in [7, 11) is 1.72. The second kappa shape index (κ2) is 8.53. The highest BCUT2D eigenvalue weighted by molar-refractivity contribution is 5.40. The summed E-state index contributed by atoms with van der Waals surface area (Å²) < 4.78 is 5.34. The van der Waals surface area contributed by atoms with E-state index in [0.717, 1.165) is 18.7 Å². The number of nitrogens with one attached hydrogen (secondary N) is 1. The molecule has 2 nitrogen and oxygen atoms in total. The minimum Gasteiger partial charge on any atom is -0.497 e. The molecule has 0 spiro atoms. The summed E-state index contributed by atoms with van der Waals surface area (Å²) in [5.41, 5.74) is 2.74. The molecule has 25 heavy (non-hydrogen) atoms. The molecule has 1 fully saturated rings. The Bertz CT molecular complexity index is 631. The molecule has 0 bridgehead atoms. The van der Waals surface area contributed by atoms with Gasteiger partial charge in [0.15, 0.2) is 0 Å². The van der Waals surface area contributed by atoms with Crippen LogP contribution in [-0.4, -0.2) is 19.7 Å². The van der Waals surface area contributed by atoms with Crippen LogP contribution in [0.5, 0.6) is 5.75 Å². The predicted molar refractivity (Wildman–Crippen MR) is 105 cm³/mol. The molecule has 0 radical (unpaired) electrons. The second-order valence-electron chi connectivity index (χ2n) is 7.47. The largest absolute Gasteiger partial charge is 0.497 e. The van der Waals surface area contributed by atoms with E-state index in [4.69, 9.17) is 4.74 Å². The Morgan fingerprint density at radius 1 is 0.920 bits per heavy atom. The highest BCUT2D eigenvalue weighted by Gasteiger charge is 2.28. The van der Waals surface area contributed by atoms with Crippen LogP contribution in [0.25, 0.3) is 0 Å². The Morgan fingerprint density at radius 3 is 2.20 bits per heavy atom. The molecule has 1 atom stereocenters. The molecule has 2 aromatic rings. The summed E-state index contributed by atoms with van der Waals surface area (Å²) in [4.78, 5) is 0. The van der Waals surface area contributed by atoms with Crippen LogP contribution in [0.2, 0.25) is 0 Å². The molecule has 3 rings (SSSR count). The molecule has 1 N–H and O–H groups in total. The molecule has 0 amide bonds. The standard InChI is InChI=1S/C23H31NO/c1-23(19-9-5-3-6-10-19,20-13-15-22(25-2)16-14-20)17-18-24-21-11-7-4-8-12-21/h3,5-6,9-10,13-16,21,24H,4,7-8,11-12,17-18H2,1-2H3. The van der Waals surface area contributed by atoms with Crippen LogP contribution < -0.4 is 10.1 Å². The molecule has 2 aromatic carbocycles. The van der Waals surface area contributed by atoms with Crippen molar-refractivity contribution in [1.29, 1.82) is 0 Å². The third-order valence-electron chi connectivity index (χ3n) is 5.80. The van der Waals surface area contributed by atoms with Crippen LogP contribution in [-0.2, 0) is 5.41 Å². The summed E-state index contributed by atoms with van der Waals surface area (Å²) in [5.74, 6) is 0.916. The van der Waals surface area contributed by atoms with Gasteiger partial charge in [0.25, 0.3) is 0 Å². The second-order valence-corrected chi connectivity index (χ2v) is 7.47. The summed E-state index contributed by atoms with van der Waals surface area (Å²) in [6.07, 6.45) is 7.94. The van der Waals surface area contributed by atoms with Crippen molar-refractivity contribution in [2.45, 2.75) is 56.9 Å². The minimum absolute atomic E-state index is 0.00913. The molecule has 0 aliphatic heterocycles. The fourth-order valence-electron chi connectivity index (χ4n) is 4.05. The highest BCUT2D eigenvalue weighted by Crippen LogP contribution is 2.36. The van der Waals surface area contributed by atoms with E-state index in [0.29, 0.717) is 6.04 Å². The van der Waals surface area contributed by atoms with Crippen molar-refractivity contribution < 1.29 is 4.74 Å². The molecular weight excluding hydrogens is 306 g/mol. The lowest BCUT2D eigenvalue weighted by atomic mass is 9.73. The van der Waals surface area contributed by atoms with E-state index in [2.05, 4.69) is 66.8 Å². The number of rotatable bonds is 7. The Labute approximate surface area is 152 Å². The SMILES string of the molecule is COc1ccc(C(C)(CCNC2CCCCC2)c2ccccc2)cc1. The van der Waals surface area contributed by atoms with Crippen LogP contribution in [0.3, 0.4) is 0 Å². The molecule has 1 aliphatic rings. The average Bonchev–Trinajstić information content (AvgIpc) is 2.69. The first-order valence-electron chi connectivity index (χ1n) is 9.66. The molecular formula is C23H31NO. The van der Waals surface area contributed by atoms with E-state index < -0.39 is 0 Å². The van der Waals surface area contributed by atoms with E-state index in [-0.39, 0.29) is 5.41 Å². The van der Waals surface area contributed by atoms with Crippen LogP contribution in [0.1, 0.15) is 56.6 Å². The molecule has 1 saturated carbocycles. The fraction of sp³-hybridized carbons (Fsp3) is 0.478. The fourth-order valence-corrected chi connectivity index (χ4v) is 4.05. The quantitative estimate of drug-likeness (QED) is 0.739. The molecule has 1 aliphatic carbocycles. The maximum absolute atomic E-state index is 5.34. The summed E-state index contributed by atoms with van der Waals surface area (Å²) in [6, 6.07) is 20.2. The number of hydrogen-bond donors (Lipinski definition) is 1. The van der Waals surface area contributed by atoms with Gasteiger partial charge in [-0.05, 0) is 49.1 Å². The number of ether oxygens (including phenoxy) is 1. The number of methoxy groups -OCH3 is 1. The zero-order valence-electron chi connectivity index (χ0n) is 15.6. The Morgan fingerprint density at radius 2 is 1.56 bits per heavy atom. The van der Waals surface area contributed by atoms with Crippen molar-refractivity contribution >= 4 is 0 Å². The zero-order chi connectivity index (χ0) is 17.5. The first kappa shape index (κ1) is 18.0. The molecule has 0 heterocycles. The van der Waals surface area contributed by atoms with E-state index in [1.165, 1.54) is 43.2 Å². The summed E-state index contributed by atoms with van der Waals surface area (Å²) in [5, 5.41) is 3.81. The van der Waals surface area contributed by atoms with Gasteiger partial charge in [-0.15, -0.1) is 0 Å². The van der Waals surface area contributed by atoms with Crippen molar-refractivity contribution in [3.63, 3.8) is 0 Å². The smallest absolute Gasteiger partial charge is 0.118 e. The zero-order valence-corrected chi connectivity index (χ0v) is 15.6. The van der Waals surface area contributed by atoms with Gasteiger partial charge in [-0.3, -0.25) is 0 Å². The van der Waals surface area contributed by atoms with E-state index in [1.807, 2.05) is 0 Å². The number of hydrogen-bond acceptors (Lipinski definition) is 2. The van der Waals surface area contributed by atoms with E-state index in [9.17, 15) is 0 Å². The Kier molecular flexibility index (Phi) is 6.14. The van der Waals surface area contributed by atoms with Gasteiger partial charge in [0.05, 0.1) is 7.11 Å². The van der Waals surface area contributed by atoms with Crippen molar-refractivity contribution in [3.05, 3.63) is 65.7 Å². The normalized spacial score (nSPS) is 17.8. The monoisotopic (exact) mass is 337 g/mol. The highest BCUT2D eigenvalue weighted by atomic mass is 16.5. The predicted octanol–water partition coefficient (Wildman–Crippen LogP) is 5.31. The van der Waals surface area contributed by atoms with E-state index >= 15 is 0 Å². The van der Waals surface area contributed by atoms with Gasteiger partial charge in [-0.1, -0.05) is 68.7 Å². The summed E-state index contributed by atoms with van der Waals surface area (Å²) in [6.45, 7) is 3.43. The average molecular weight is 338 g/mol. The molecule has 134 valence electrons. The Balaban J connectivity index is 1.76. The lowest BCUT2D eigenvalue weighted by Crippen LogP contribution is -2.36. The van der Waals surface area contributed by atoms with E-state index in [1.54, 1.807) is 7.11 Å². The van der Waals surface area contributed by atoms with Crippen LogP contribution in [0.15, 0.2) is 54.6 Å². The third-order valence-corrected chi connectivity index (χ3v) is 5.80. The maximum Gasteiger partial charge on any atom is 0.118 e. The van der Waals surface area contributed by atoms with Crippen LogP contribution in [0.4, 0.5) is 0 Å². The maximum atomic E-state index is 5.34. The first-order chi connectivity index (χ1) is 12.2. The van der Waals surface area contributed by atoms with Crippen LogP contribution >= 0.6 is 0 Å². The van der Waals surface area contributed by atoms with Gasteiger partial charge in [-0.2, -0.15) is 0 Å². The van der Waals surface area contributed by atoms with Crippen LogP contribution in [0, 0.1) is 0 Å². The molecule has 2 heteroatoms. The van der Waals surface area contributed by atoms with Gasteiger partial charge in [0, 0.05) is 11.5 Å². The first-order valence-corrected chi connectivity index (χ1v) is 9.66. The lowest BCUT2D eigenvalue weighted by Gasteiger charge is -2.33. The topological polar surface area (TPSA) is 21.3 Å². The minimum atomic E-state index is 0.00913. The Hall–Kier alpha value is -1.80. The van der Waals surface area contributed by atoms with Crippen molar-refractivity contribution in [2.75, 3.05) is 13.7 Å². The van der Waals surface area contributed by atoms with Gasteiger partial charge in [0.1, 0.15) is 5.75 Å². The van der Waals surface area contributed by atoms with Gasteiger partial charge in [-0.25, -0.2) is 0 Å². The van der Waals surface area contributed by atoms with Gasteiger partial charge < -0.3 is 10.1 Å². The van der Waals surface area contributed by atoms with Gasteiger partial charge >= 0.3 is 0 Å². The molecule has 0 aromatic heterocycles. The molecule has 1 unspecified atom stereocenters. The molecule has 0 saturated heterocycles. The number of benzene rings is 2. The lowest BCUT2D eigenvalue weighted by molar-refractivity contribution is 0.358. The van der Waals surface area contributed by atoms with Crippen molar-refractivity contribution in [1.82, 2.24) is 5.32 Å².